The van der Waals surface area contributed by atoms with Gasteiger partial charge in [-0.15, -0.1) is 0 Å². The summed E-state index contributed by atoms with van der Waals surface area (Å²) in [5, 5.41) is -0.387. The summed E-state index contributed by atoms with van der Waals surface area (Å²) in [5.74, 6) is 0.329. The number of hydrogen-bond donors (Lipinski definition) is 1. The Balaban J connectivity index is 2.88. The van der Waals surface area contributed by atoms with Crippen LogP contribution in [-0.2, 0) is 9.84 Å². The van der Waals surface area contributed by atoms with Gasteiger partial charge < -0.3 is 5.73 Å². The van der Waals surface area contributed by atoms with Crippen molar-refractivity contribution in [1.82, 2.24) is 0 Å². The van der Waals surface area contributed by atoms with Crippen LogP contribution in [0.15, 0.2) is 29.2 Å². The van der Waals surface area contributed by atoms with Gasteiger partial charge in [0.25, 0.3) is 0 Å². The third-order valence-corrected chi connectivity index (χ3v) is 6.02. The first-order valence-electron chi connectivity index (χ1n) is 7.38. The maximum atomic E-state index is 12.2. The Morgan fingerprint density at radius 1 is 1.15 bits per heavy atom. The Morgan fingerprint density at radius 2 is 1.80 bits per heavy atom. The van der Waals surface area contributed by atoms with E-state index in [0.29, 0.717) is 10.8 Å². The topological polar surface area (TPSA) is 60.2 Å². The second-order valence-electron chi connectivity index (χ2n) is 5.81. The molecular weight excluding hydrogens is 270 g/mol. The van der Waals surface area contributed by atoms with Crippen LogP contribution in [0.5, 0.6) is 0 Å². The lowest BCUT2D eigenvalue weighted by atomic mass is 9.94. The second-order valence-corrected chi connectivity index (χ2v) is 8.32. The molecule has 0 bridgehead atoms. The highest BCUT2D eigenvalue weighted by Crippen LogP contribution is 2.25. The highest BCUT2D eigenvalue weighted by molar-refractivity contribution is 7.92. The van der Waals surface area contributed by atoms with Gasteiger partial charge in [-0.3, -0.25) is 0 Å². The summed E-state index contributed by atoms with van der Waals surface area (Å²) in [7, 11) is -3.19. The van der Waals surface area contributed by atoms with Crippen molar-refractivity contribution in [3.8, 4) is 0 Å². The molecule has 2 unspecified atom stereocenters. The molecule has 1 rings (SSSR count). The minimum absolute atomic E-state index is 0.236. The minimum Gasteiger partial charge on any atom is -0.328 e. The van der Waals surface area contributed by atoms with E-state index in [0.717, 1.165) is 24.8 Å². The molecule has 0 aliphatic carbocycles. The molecule has 0 heterocycles. The van der Waals surface area contributed by atoms with Crippen LogP contribution in [0.1, 0.15) is 58.4 Å². The summed E-state index contributed by atoms with van der Waals surface area (Å²) >= 11 is 0. The van der Waals surface area contributed by atoms with Gasteiger partial charge in [0.2, 0.25) is 0 Å². The highest BCUT2D eigenvalue weighted by atomic mass is 32.2. The van der Waals surface area contributed by atoms with Crippen molar-refractivity contribution >= 4 is 9.84 Å². The van der Waals surface area contributed by atoms with E-state index >= 15 is 0 Å². The fraction of sp³-hybridized carbons (Fsp3) is 0.625. The molecule has 0 saturated carbocycles. The van der Waals surface area contributed by atoms with E-state index in [1.165, 1.54) is 0 Å². The molecule has 20 heavy (non-hydrogen) atoms. The van der Waals surface area contributed by atoms with Crippen LogP contribution in [0.4, 0.5) is 0 Å². The van der Waals surface area contributed by atoms with Crippen LogP contribution in [0.3, 0.4) is 0 Å². The van der Waals surface area contributed by atoms with Crippen LogP contribution in [0, 0.1) is 0 Å². The van der Waals surface area contributed by atoms with Gasteiger partial charge in [0.05, 0.1) is 10.1 Å². The Hall–Kier alpha value is -0.870. The molecule has 0 radical (unpaired) electrons. The smallest absolute Gasteiger partial charge is 0.180 e. The summed E-state index contributed by atoms with van der Waals surface area (Å²) in [4.78, 5) is 0.427. The van der Waals surface area contributed by atoms with E-state index in [-0.39, 0.29) is 11.3 Å². The highest BCUT2D eigenvalue weighted by Gasteiger charge is 2.20. The number of hydrogen-bond acceptors (Lipinski definition) is 3. The summed E-state index contributed by atoms with van der Waals surface area (Å²) in [6, 6.07) is 7.57. The molecule has 1 aromatic carbocycles. The fourth-order valence-corrected chi connectivity index (χ4v) is 3.22. The van der Waals surface area contributed by atoms with E-state index in [9.17, 15) is 8.42 Å². The Labute approximate surface area is 123 Å². The molecule has 4 heteroatoms. The molecule has 3 nitrogen and oxygen atoms in total. The molecule has 2 N–H and O–H groups in total. The van der Waals surface area contributed by atoms with Crippen molar-refractivity contribution in [3.63, 3.8) is 0 Å². The summed E-state index contributed by atoms with van der Waals surface area (Å²) < 4.78 is 24.4. The van der Waals surface area contributed by atoms with Gasteiger partial charge in [-0.2, -0.15) is 0 Å². The minimum atomic E-state index is -3.19. The van der Waals surface area contributed by atoms with E-state index in [1.807, 2.05) is 18.2 Å². The van der Waals surface area contributed by atoms with Gasteiger partial charge in [-0.1, -0.05) is 26.0 Å². The summed E-state index contributed by atoms with van der Waals surface area (Å²) in [6.45, 7) is 7.64. The zero-order chi connectivity index (χ0) is 15.3. The number of rotatable bonds is 7. The van der Waals surface area contributed by atoms with Crippen molar-refractivity contribution in [2.75, 3.05) is 0 Å². The first-order chi connectivity index (χ1) is 9.28. The molecule has 114 valence electrons. The lowest BCUT2D eigenvalue weighted by molar-refractivity contribution is 0.530. The van der Waals surface area contributed by atoms with Gasteiger partial charge >= 0.3 is 0 Å². The fourth-order valence-electron chi connectivity index (χ4n) is 2.11. The van der Waals surface area contributed by atoms with Crippen LogP contribution in [-0.4, -0.2) is 19.7 Å². The van der Waals surface area contributed by atoms with Crippen LogP contribution in [0.25, 0.3) is 0 Å². The number of benzene rings is 1. The standard InChI is InChI=1S/C16H27NO2S/c1-5-15(17)10-9-13(4)14-7-6-8-16(11-14)20(18,19)12(2)3/h6-8,11-13,15H,5,9-10,17H2,1-4H3. The van der Waals surface area contributed by atoms with Crippen LogP contribution < -0.4 is 5.73 Å². The van der Waals surface area contributed by atoms with Gasteiger partial charge in [0, 0.05) is 6.04 Å². The normalized spacial score (nSPS) is 15.3. The van der Waals surface area contributed by atoms with E-state index in [1.54, 1.807) is 19.9 Å². The quantitative estimate of drug-likeness (QED) is 0.838. The molecule has 0 fully saturated rings. The monoisotopic (exact) mass is 297 g/mol. The van der Waals surface area contributed by atoms with Gasteiger partial charge in [0.15, 0.2) is 9.84 Å². The molecule has 0 amide bonds. The lowest BCUT2D eigenvalue weighted by Gasteiger charge is -2.16. The molecule has 0 saturated heterocycles. The molecule has 0 spiro atoms. The van der Waals surface area contributed by atoms with E-state index in [2.05, 4.69) is 13.8 Å². The zero-order valence-corrected chi connectivity index (χ0v) is 13.8. The van der Waals surface area contributed by atoms with Crippen molar-refractivity contribution in [3.05, 3.63) is 29.8 Å². The average molecular weight is 297 g/mol. The summed E-state index contributed by atoms with van der Waals surface area (Å²) in [6.07, 6.45) is 2.94. The molecule has 0 aromatic heterocycles. The maximum absolute atomic E-state index is 12.2. The Kier molecular flexibility index (Phi) is 6.21. The van der Waals surface area contributed by atoms with Gasteiger partial charge in [-0.05, 0) is 56.7 Å². The van der Waals surface area contributed by atoms with Crippen molar-refractivity contribution in [2.24, 2.45) is 5.73 Å². The van der Waals surface area contributed by atoms with Crippen LogP contribution in [0.2, 0.25) is 0 Å². The Bertz CT molecular complexity index is 523. The average Bonchev–Trinajstić information content (AvgIpc) is 2.44. The molecule has 2 atom stereocenters. The van der Waals surface area contributed by atoms with Gasteiger partial charge in [0.1, 0.15) is 0 Å². The zero-order valence-electron chi connectivity index (χ0n) is 13.0. The molecule has 0 aliphatic rings. The van der Waals surface area contributed by atoms with Crippen molar-refractivity contribution in [2.45, 2.75) is 69.1 Å². The largest absolute Gasteiger partial charge is 0.328 e. The van der Waals surface area contributed by atoms with Gasteiger partial charge in [-0.25, -0.2) is 8.42 Å². The van der Waals surface area contributed by atoms with E-state index in [4.69, 9.17) is 5.73 Å². The predicted octanol–water partition coefficient (Wildman–Crippen LogP) is 3.49. The van der Waals surface area contributed by atoms with Crippen molar-refractivity contribution in [1.29, 1.82) is 0 Å². The molecule has 1 aromatic rings. The lowest BCUT2D eigenvalue weighted by Crippen LogP contribution is -2.19. The first-order valence-corrected chi connectivity index (χ1v) is 8.93. The van der Waals surface area contributed by atoms with E-state index < -0.39 is 9.84 Å². The third-order valence-electron chi connectivity index (χ3n) is 3.87. The molecule has 0 aliphatic heterocycles. The first kappa shape index (κ1) is 17.2. The maximum Gasteiger partial charge on any atom is 0.180 e. The van der Waals surface area contributed by atoms with Crippen LogP contribution >= 0.6 is 0 Å². The Morgan fingerprint density at radius 3 is 2.35 bits per heavy atom. The SMILES string of the molecule is CCC(N)CCC(C)c1cccc(S(=O)(=O)C(C)C)c1. The van der Waals surface area contributed by atoms with Crippen molar-refractivity contribution < 1.29 is 8.42 Å². The molecular formula is C16H27NO2S. The number of sulfone groups is 1. The second kappa shape index (κ2) is 7.23. The summed E-state index contributed by atoms with van der Waals surface area (Å²) in [5.41, 5.74) is 7.02. The predicted molar refractivity (Wildman–Crippen MR) is 84.7 cm³/mol. The number of nitrogens with two attached hydrogens (primary N) is 1. The third kappa shape index (κ3) is 4.32.